The minimum Gasteiger partial charge on any atom is -0.497 e. The van der Waals surface area contributed by atoms with Crippen molar-refractivity contribution in [2.24, 2.45) is 0 Å². The second kappa shape index (κ2) is 5.73. The van der Waals surface area contributed by atoms with Crippen molar-refractivity contribution in [2.45, 2.75) is 0 Å². The Labute approximate surface area is 126 Å². The van der Waals surface area contributed by atoms with E-state index in [-0.39, 0.29) is 11.6 Å². The average Bonchev–Trinajstić information content (AvgIpc) is 2.56. The van der Waals surface area contributed by atoms with Gasteiger partial charge in [0.05, 0.1) is 7.11 Å². The third-order valence-corrected chi connectivity index (χ3v) is 3.23. The molecule has 3 aromatic rings. The second-order valence-electron chi connectivity index (χ2n) is 4.67. The van der Waals surface area contributed by atoms with Gasteiger partial charge in [-0.2, -0.15) is 0 Å². The number of anilines is 1. The molecule has 1 N–H and O–H groups in total. The molecular weight excluding hydrogens is 282 g/mol. The highest BCUT2D eigenvalue weighted by Crippen LogP contribution is 2.21. The highest BCUT2D eigenvalue weighted by Gasteiger charge is 2.11. The van der Waals surface area contributed by atoms with E-state index in [0.717, 1.165) is 0 Å². The van der Waals surface area contributed by atoms with Crippen LogP contribution in [0.5, 0.6) is 5.75 Å². The normalized spacial score (nSPS) is 10.4. The molecule has 0 fully saturated rings. The van der Waals surface area contributed by atoms with E-state index in [1.54, 1.807) is 48.5 Å². The number of methoxy groups -OCH3 is 1. The van der Waals surface area contributed by atoms with Crippen LogP contribution >= 0.6 is 0 Å². The average molecular weight is 295 g/mol. The summed E-state index contributed by atoms with van der Waals surface area (Å²) in [6, 6.07) is 15.4. The summed E-state index contributed by atoms with van der Waals surface area (Å²) in [4.78, 5) is 24.1. The predicted octanol–water partition coefficient (Wildman–Crippen LogP) is 3.05. The Morgan fingerprint density at radius 2 is 1.86 bits per heavy atom. The lowest BCUT2D eigenvalue weighted by molar-refractivity contribution is 0.102. The first-order valence-corrected chi connectivity index (χ1v) is 6.65. The maximum atomic E-state index is 12.1. The Morgan fingerprint density at radius 1 is 1.09 bits per heavy atom. The number of hydrogen-bond acceptors (Lipinski definition) is 4. The first-order valence-electron chi connectivity index (χ1n) is 6.65. The maximum absolute atomic E-state index is 12.1. The van der Waals surface area contributed by atoms with Gasteiger partial charge in [-0.25, -0.2) is 4.79 Å². The van der Waals surface area contributed by atoms with Crippen molar-refractivity contribution in [1.29, 1.82) is 0 Å². The lowest BCUT2D eigenvalue weighted by atomic mass is 10.2. The SMILES string of the molecule is COc1ccc2cc(NC(=O)c3ccccc3)c(=O)oc2c1. The number of benzene rings is 2. The van der Waals surface area contributed by atoms with Crippen LogP contribution in [0.15, 0.2) is 63.8 Å². The van der Waals surface area contributed by atoms with Crippen molar-refractivity contribution in [2.75, 3.05) is 12.4 Å². The Kier molecular flexibility index (Phi) is 3.62. The molecule has 22 heavy (non-hydrogen) atoms. The van der Waals surface area contributed by atoms with Gasteiger partial charge in [-0.1, -0.05) is 18.2 Å². The maximum Gasteiger partial charge on any atom is 0.360 e. The quantitative estimate of drug-likeness (QED) is 0.754. The van der Waals surface area contributed by atoms with Crippen molar-refractivity contribution in [3.8, 4) is 5.75 Å². The molecule has 1 heterocycles. The monoisotopic (exact) mass is 295 g/mol. The molecule has 0 aliphatic rings. The van der Waals surface area contributed by atoms with Crippen LogP contribution in [0, 0.1) is 0 Å². The molecule has 3 rings (SSSR count). The molecule has 0 saturated heterocycles. The van der Waals surface area contributed by atoms with Crippen molar-refractivity contribution in [1.82, 2.24) is 0 Å². The zero-order valence-corrected chi connectivity index (χ0v) is 11.8. The van der Waals surface area contributed by atoms with Gasteiger partial charge in [0.1, 0.15) is 17.0 Å². The molecule has 0 aliphatic heterocycles. The summed E-state index contributed by atoms with van der Waals surface area (Å²) in [7, 11) is 1.54. The molecule has 0 atom stereocenters. The molecule has 0 radical (unpaired) electrons. The number of amides is 1. The van der Waals surface area contributed by atoms with E-state index in [4.69, 9.17) is 9.15 Å². The summed E-state index contributed by atoms with van der Waals surface area (Å²) >= 11 is 0. The summed E-state index contributed by atoms with van der Waals surface area (Å²) in [5.41, 5.74) is 0.371. The first kappa shape index (κ1) is 13.9. The highest BCUT2D eigenvalue weighted by molar-refractivity contribution is 6.04. The third-order valence-electron chi connectivity index (χ3n) is 3.23. The summed E-state index contributed by atoms with van der Waals surface area (Å²) in [6.07, 6.45) is 0. The Hall–Kier alpha value is -3.08. The van der Waals surface area contributed by atoms with Gasteiger partial charge in [-0.15, -0.1) is 0 Å². The fourth-order valence-corrected chi connectivity index (χ4v) is 2.09. The van der Waals surface area contributed by atoms with Crippen molar-refractivity contribution < 1.29 is 13.9 Å². The summed E-state index contributed by atoms with van der Waals surface area (Å²) in [6.45, 7) is 0. The molecule has 1 aromatic heterocycles. The molecule has 1 amide bonds. The van der Waals surface area contributed by atoms with Gasteiger partial charge in [0.2, 0.25) is 0 Å². The van der Waals surface area contributed by atoms with Crippen LogP contribution in [-0.4, -0.2) is 13.0 Å². The minimum absolute atomic E-state index is 0.103. The molecule has 110 valence electrons. The summed E-state index contributed by atoms with van der Waals surface area (Å²) in [5.74, 6) is 0.234. The van der Waals surface area contributed by atoms with E-state index >= 15 is 0 Å². The smallest absolute Gasteiger partial charge is 0.360 e. The number of carbonyl (C=O) groups is 1. The lowest BCUT2D eigenvalue weighted by Crippen LogP contribution is -2.17. The Bertz CT molecular complexity index is 884. The van der Waals surface area contributed by atoms with Gasteiger partial charge in [-0.05, 0) is 30.3 Å². The zero-order chi connectivity index (χ0) is 15.5. The van der Waals surface area contributed by atoms with Crippen LogP contribution in [0.3, 0.4) is 0 Å². The number of carbonyl (C=O) groups excluding carboxylic acids is 1. The van der Waals surface area contributed by atoms with Crippen LogP contribution in [-0.2, 0) is 0 Å². The van der Waals surface area contributed by atoms with Gasteiger partial charge in [0, 0.05) is 17.0 Å². The van der Waals surface area contributed by atoms with Gasteiger partial charge >= 0.3 is 5.63 Å². The Morgan fingerprint density at radius 3 is 2.59 bits per heavy atom. The van der Waals surface area contributed by atoms with Crippen LogP contribution in [0.4, 0.5) is 5.69 Å². The number of fused-ring (bicyclic) bond motifs is 1. The van der Waals surface area contributed by atoms with Crippen molar-refractivity contribution in [3.63, 3.8) is 0 Å². The van der Waals surface area contributed by atoms with Gasteiger partial charge < -0.3 is 14.5 Å². The molecule has 0 unspecified atom stereocenters. The van der Waals surface area contributed by atoms with Gasteiger partial charge in [0.25, 0.3) is 5.91 Å². The van der Waals surface area contributed by atoms with E-state index in [2.05, 4.69) is 5.32 Å². The molecule has 0 saturated carbocycles. The molecule has 5 heteroatoms. The Balaban J connectivity index is 1.96. The van der Waals surface area contributed by atoms with Crippen molar-refractivity contribution >= 4 is 22.6 Å². The number of ether oxygens (including phenoxy) is 1. The zero-order valence-electron chi connectivity index (χ0n) is 11.8. The van der Waals surface area contributed by atoms with Gasteiger partial charge in [0.15, 0.2) is 0 Å². The molecule has 0 bridgehead atoms. The van der Waals surface area contributed by atoms with Gasteiger partial charge in [-0.3, -0.25) is 4.79 Å². The van der Waals surface area contributed by atoms with E-state index < -0.39 is 5.63 Å². The van der Waals surface area contributed by atoms with E-state index in [1.807, 2.05) is 6.07 Å². The minimum atomic E-state index is -0.606. The van der Waals surface area contributed by atoms with E-state index in [0.29, 0.717) is 22.3 Å². The fourth-order valence-electron chi connectivity index (χ4n) is 2.09. The van der Waals surface area contributed by atoms with Crippen molar-refractivity contribution in [3.05, 3.63) is 70.6 Å². The van der Waals surface area contributed by atoms with Crippen LogP contribution in [0.2, 0.25) is 0 Å². The third kappa shape index (κ3) is 2.69. The first-order chi connectivity index (χ1) is 10.7. The van der Waals surface area contributed by atoms with Crippen LogP contribution in [0.25, 0.3) is 11.0 Å². The highest BCUT2D eigenvalue weighted by atomic mass is 16.5. The van der Waals surface area contributed by atoms with E-state index in [1.165, 1.54) is 7.11 Å². The predicted molar refractivity (Wildman–Crippen MR) is 83.4 cm³/mol. The largest absolute Gasteiger partial charge is 0.497 e. The number of nitrogens with one attached hydrogen (secondary N) is 1. The number of rotatable bonds is 3. The summed E-state index contributed by atoms with van der Waals surface area (Å²) < 4.78 is 10.3. The fraction of sp³-hybridized carbons (Fsp3) is 0.0588. The van der Waals surface area contributed by atoms with E-state index in [9.17, 15) is 9.59 Å². The van der Waals surface area contributed by atoms with Crippen LogP contribution in [0.1, 0.15) is 10.4 Å². The molecule has 0 aliphatic carbocycles. The number of hydrogen-bond donors (Lipinski definition) is 1. The molecular formula is C17H13NO4. The topological polar surface area (TPSA) is 68.5 Å². The van der Waals surface area contributed by atoms with Crippen LogP contribution < -0.4 is 15.7 Å². The molecule has 2 aromatic carbocycles. The molecule has 0 spiro atoms. The lowest BCUT2D eigenvalue weighted by Gasteiger charge is -2.06. The standard InChI is InChI=1S/C17H13NO4/c1-21-13-8-7-12-9-14(17(20)22-15(12)10-13)18-16(19)11-5-3-2-4-6-11/h2-10H,1H3,(H,18,19). The summed E-state index contributed by atoms with van der Waals surface area (Å²) in [5, 5.41) is 3.27. The molecule has 5 nitrogen and oxygen atoms in total. The second-order valence-corrected chi connectivity index (χ2v) is 4.67.